The lowest BCUT2D eigenvalue weighted by Gasteiger charge is -2.25. The molecular formula is C19H22BrN3OS. The highest BCUT2D eigenvalue weighted by atomic mass is 79.9. The molecule has 0 aliphatic carbocycles. The van der Waals surface area contributed by atoms with Crippen molar-refractivity contribution < 1.29 is 0 Å². The van der Waals surface area contributed by atoms with Gasteiger partial charge in [0.25, 0.3) is 0 Å². The summed E-state index contributed by atoms with van der Waals surface area (Å²) in [5, 5.41) is 1.47. The molecule has 2 aromatic heterocycles. The van der Waals surface area contributed by atoms with Gasteiger partial charge in [0.2, 0.25) is 0 Å². The van der Waals surface area contributed by atoms with E-state index in [0.717, 1.165) is 51.1 Å². The van der Waals surface area contributed by atoms with Crippen LogP contribution in [0.5, 0.6) is 0 Å². The molecule has 0 aliphatic heterocycles. The molecule has 132 valence electrons. The minimum atomic E-state index is 0.0582. The van der Waals surface area contributed by atoms with Crippen LogP contribution in [0.15, 0.2) is 39.9 Å². The molecule has 0 spiro atoms. The quantitative estimate of drug-likeness (QED) is 0.556. The lowest BCUT2D eigenvalue weighted by atomic mass is 10.1. The number of halogens is 1. The number of aromatic nitrogens is 1. The van der Waals surface area contributed by atoms with Gasteiger partial charge in [0.15, 0.2) is 5.43 Å². The van der Waals surface area contributed by atoms with Crippen LogP contribution in [0.1, 0.15) is 13.8 Å². The molecule has 2 heterocycles. The Balaban J connectivity index is 2.11. The molecule has 0 unspecified atom stereocenters. The summed E-state index contributed by atoms with van der Waals surface area (Å²) in [4.78, 5) is 21.8. The molecular weight excluding hydrogens is 398 g/mol. The molecule has 0 saturated heterocycles. The maximum absolute atomic E-state index is 13.1. The second-order valence-corrected chi connectivity index (χ2v) is 7.93. The largest absolute Gasteiger partial charge is 0.373 e. The maximum atomic E-state index is 13.1. The van der Waals surface area contributed by atoms with Crippen molar-refractivity contribution in [1.29, 1.82) is 0 Å². The van der Waals surface area contributed by atoms with Crippen molar-refractivity contribution in [2.75, 3.05) is 38.1 Å². The van der Waals surface area contributed by atoms with Crippen molar-refractivity contribution in [2.24, 2.45) is 0 Å². The first-order valence-corrected chi connectivity index (χ1v) is 10.1. The zero-order valence-corrected chi connectivity index (χ0v) is 17.2. The van der Waals surface area contributed by atoms with Gasteiger partial charge in [0.05, 0.1) is 15.5 Å². The molecule has 3 aromatic rings. The molecule has 0 aliphatic rings. The first-order chi connectivity index (χ1) is 12.1. The molecule has 4 nitrogen and oxygen atoms in total. The van der Waals surface area contributed by atoms with Gasteiger partial charge in [-0.25, -0.2) is 0 Å². The van der Waals surface area contributed by atoms with E-state index in [2.05, 4.69) is 51.6 Å². The van der Waals surface area contributed by atoms with Crippen LogP contribution >= 0.6 is 27.3 Å². The molecule has 0 N–H and O–H groups in total. The standard InChI is InChI=1S/C19H22BrN3OS/c1-4-23(5-2)11-10-22(3)15-7-6-14(20)19-17(15)18(24)13-12-21-9-8-16(13)25-19/h6-9,12H,4-5,10-11H2,1-3H3. The van der Waals surface area contributed by atoms with Crippen molar-refractivity contribution in [3.05, 3.63) is 45.3 Å². The van der Waals surface area contributed by atoms with E-state index in [4.69, 9.17) is 0 Å². The fourth-order valence-corrected chi connectivity index (χ4v) is 4.66. The van der Waals surface area contributed by atoms with Gasteiger partial charge in [0, 0.05) is 47.4 Å². The monoisotopic (exact) mass is 419 g/mol. The Morgan fingerprint density at radius 1 is 1.16 bits per heavy atom. The lowest BCUT2D eigenvalue weighted by molar-refractivity contribution is 0.311. The minimum absolute atomic E-state index is 0.0582. The Hall–Kier alpha value is -1.50. The SMILES string of the molecule is CCN(CC)CCN(C)c1ccc(Br)c2sc3ccncc3c(=O)c12. The van der Waals surface area contributed by atoms with Crippen molar-refractivity contribution in [2.45, 2.75) is 13.8 Å². The number of anilines is 1. The van der Waals surface area contributed by atoms with Gasteiger partial charge in [0.1, 0.15) is 0 Å². The number of hydrogen-bond donors (Lipinski definition) is 0. The Kier molecular flexibility index (Phi) is 5.71. The van der Waals surface area contributed by atoms with Gasteiger partial charge < -0.3 is 9.80 Å². The summed E-state index contributed by atoms with van der Waals surface area (Å²) in [5.74, 6) is 0. The molecule has 0 fully saturated rings. The molecule has 6 heteroatoms. The number of benzene rings is 1. The fraction of sp³-hybridized carbons (Fsp3) is 0.368. The van der Waals surface area contributed by atoms with E-state index in [-0.39, 0.29) is 5.43 Å². The average Bonchev–Trinajstić information content (AvgIpc) is 2.63. The number of likely N-dealkylation sites (N-methyl/N-ethyl adjacent to an activating group) is 2. The van der Waals surface area contributed by atoms with Gasteiger partial charge in [-0.3, -0.25) is 9.78 Å². The summed E-state index contributed by atoms with van der Waals surface area (Å²) in [7, 11) is 2.06. The highest BCUT2D eigenvalue weighted by Gasteiger charge is 2.15. The Labute approximate surface area is 160 Å². The summed E-state index contributed by atoms with van der Waals surface area (Å²) < 4.78 is 2.93. The molecule has 0 saturated carbocycles. The van der Waals surface area contributed by atoms with E-state index in [9.17, 15) is 4.79 Å². The zero-order valence-electron chi connectivity index (χ0n) is 14.8. The van der Waals surface area contributed by atoms with Crippen LogP contribution in [0.3, 0.4) is 0 Å². The number of pyridine rings is 1. The number of fused-ring (bicyclic) bond motifs is 2. The van der Waals surface area contributed by atoms with E-state index >= 15 is 0 Å². The molecule has 1 aromatic carbocycles. The third-order valence-corrected chi connectivity index (χ3v) is 6.74. The van der Waals surface area contributed by atoms with Crippen molar-refractivity contribution in [3.8, 4) is 0 Å². The summed E-state index contributed by atoms with van der Waals surface area (Å²) in [6.07, 6.45) is 3.41. The third-order valence-electron chi connectivity index (χ3n) is 4.61. The van der Waals surface area contributed by atoms with E-state index in [1.165, 1.54) is 0 Å². The predicted molar refractivity (Wildman–Crippen MR) is 112 cm³/mol. The van der Waals surface area contributed by atoms with Gasteiger partial charge >= 0.3 is 0 Å². The Bertz CT molecular complexity index is 952. The van der Waals surface area contributed by atoms with Crippen LogP contribution in [0.2, 0.25) is 0 Å². The third kappa shape index (κ3) is 3.57. The second-order valence-electron chi connectivity index (χ2n) is 6.02. The molecule has 3 rings (SSSR count). The maximum Gasteiger partial charge on any atom is 0.199 e. The molecule has 0 amide bonds. The van der Waals surface area contributed by atoms with E-state index in [0.29, 0.717) is 5.39 Å². The highest BCUT2D eigenvalue weighted by molar-refractivity contribution is 9.10. The van der Waals surface area contributed by atoms with Crippen molar-refractivity contribution in [1.82, 2.24) is 9.88 Å². The van der Waals surface area contributed by atoms with Gasteiger partial charge in [-0.2, -0.15) is 0 Å². The Morgan fingerprint density at radius 3 is 2.64 bits per heavy atom. The van der Waals surface area contributed by atoms with Crippen LogP contribution in [-0.2, 0) is 0 Å². The van der Waals surface area contributed by atoms with Crippen LogP contribution in [-0.4, -0.2) is 43.1 Å². The van der Waals surface area contributed by atoms with Crippen molar-refractivity contribution >= 4 is 53.1 Å². The van der Waals surface area contributed by atoms with Crippen LogP contribution in [0.25, 0.3) is 20.2 Å². The molecule has 0 bridgehead atoms. The molecule has 0 atom stereocenters. The number of rotatable bonds is 6. The summed E-state index contributed by atoms with van der Waals surface area (Å²) >= 11 is 5.25. The number of nitrogens with zero attached hydrogens (tertiary/aromatic N) is 3. The summed E-state index contributed by atoms with van der Waals surface area (Å²) in [6, 6.07) is 5.98. The minimum Gasteiger partial charge on any atom is -0.373 e. The van der Waals surface area contributed by atoms with Gasteiger partial charge in [-0.1, -0.05) is 13.8 Å². The fourth-order valence-electron chi connectivity index (χ4n) is 3.02. The topological polar surface area (TPSA) is 36.4 Å². The van der Waals surface area contributed by atoms with Crippen LogP contribution < -0.4 is 10.3 Å². The second kappa shape index (κ2) is 7.81. The van der Waals surface area contributed by atoms with E-state index in [1.807, 2.05) is 18.2 Å². The Morgan fingerprint density at radius 2 is 1.92 bits per heavy atom. The van der Waals surface area contributed by atoms with E-state index in [1.54, 1.807) is 23.7 Å². The van der Waals surface area contributed by atoms with Crippen LogP contribution in [0.4, 0.5) is 5.69 Å². The van der Waals surface area contributed by atoms with Crippen molar-refractivity contribution in [3.63, 3.8) is 0 Å². The predicted octanol–water partition coefficient (Wildman–Crippen LogP) is 4.35. The molecule has 25 heavy (non-hydrogen) atoms. The van der Waals surface area contributed by atoms with Crippen LogP contribution in [0, 0.1) is 0 Å². The lowest BCUT2D eigenvalue weighted by Crippen LogP contribution is -2.33. The summed E-state index contributed by atoms with van der Waals surface area (Å²) in [6.45, 7) is 8.29. The van der Waals surface area contributed by atoms with Gasteiger partial charge in [-0.15, -0.1) is 11.3 Å². The van der Waals surface area contributed by atoms with E-state index < -0.39 is 0 Å². The van der Waals surface area contributed by atoms with Gasteiger partial charge in [-0.05, 0) is 47.2 Å². The normalized spacial score (nSPS) is 11.6. The summed E-state index contributed by atoms with van der Waals surface area (Å²) in [5.41, 5.74) is 1.04. The number of hydrogen-bond acceptors (Lipinski definition) is 5. The average molecular weight is 420 g/mol. The first-order valence-electron chi connectivity index (χ1n) is 8.49. The molecule has 0 radical (unpaired) electrons. The smallest absolute Gasteiger partial charge is 0.199 e. The highest BCUT2D eigenvalue weighted by Crippen LogP contribution is 2.35. The zero-order chi connectivity index (χ0) is 18.0. The first kappa shape index (κ1) is 18.3.